The Balaban J connectivity index is 2.31. The van der Waals surface area contributed by atoms with Gasteiger partial charge in [-0.05, 0) is 41.5 Å². The van der Waals surface area contributed by atoms with Crippen molar-refractivity contribution < 1.29 is 0 Å². The number of aryl methyl sites for hydroxylation is 2. The van der Waals surface area contributed by atoms with Gasteiger partial charge in [-0.15, -0.1) is 0 Å². The van der Waals surface area contributed by atoms with Gasteiger partial charge in [-0.3, -0.25) is 4.68 Å². The van der Waals surface area contributed by atoms with Gasteiger partial charge in [-0.25, -0.2) is 0 Å². The lowest BCUT2D eigenvalue weighted by Crippen LogP contribution is -2.12. The highest BCUT2D eigenvalue weighted by Gasteiger charge is 2.15. The zero-order chi connectivity index (χ0) is 13.8. The van der Waals surface area contributed by atoms with Crippen molar-refractivity contribution in [1.82, 2.24) is 15.1 Å². The Morgan fingerprint density at radius 2 is 2.11 bits per heavy atom. The van der Waals surface area contributed by atoms with Crippen molar-refractivity contribution in [2.24, 2.45) is 7.05 Å². The third kappa shape index (κ3) is 3.41. The Hall–Kier alpha value is -0.780. The molecule has 1 heterocycles. The van der Waals surface area contributed by atoms with Crippen LogP contribution in [0.25, 0.3) is 0 Å². The largest absolute Gasteiger partial charge is 0.313 e. The minimum Gasteiger partial charge on any atom is -0.313 e. The van der Waals surface area contributed by atoms with Crippen LogP contribution in [0.2, 0.25) is 0 Å². The first-order valence-electron chi connectivity index (χ1n) is 6.29. The number of benzene rings is 1. The van der Waals surface area contributed by atoms with Crippen molar-refractivity contribution in [2.75, 3.05) is 6.54 Å². The van der Waals surface area contributed by atoms with Gasteiger partial charge in [0.15, 0.2) is 0 Å². The lowest BCUT2D eigenvalue weighted by atomic mass is 10.2. The van der Waals surface area contributed by atoms with Crippen LogP contribution in [0.15, 0.2) is 38.7 Å². The second-order valence-electron chi connectivity index (χ2n) is 4.31. The highest BCUT2D eigenvalue weighted by atomic mass is 79.9. The van der Waals surface area contributed by atoms with Crippen LogP contribution in [0.1, 0.15) is 18.2 Å². The van der Waals surface area contributed by atoms with Crippen LogP contribution >= 0.6 is 27.7 Å². The van der Waals surface area contributed by atoms with Gasteiger partial charge in [0.25, 0.3) is 0 Å². The molecule has 19 heavy (non-hydrogen) atoms. The van der Waals surface area contributed by atoms with Crippen molar-refractivity contribution in [2.45, 2.75) is 30.3 Å². The number of nitrogens with zero attached hydrogens (tertiary/aromatic N) is 2. The Morgan fingerprint density at radius 3 is 2.79 bits per heavy atom. The predicted molar refractivity (Wildman–Crippen MR) is 83.6 cm³/mol. The highest BCUT2D eigenvalue weighted by Crippen LogP contribution is 2.35. The van der Waals surface area contributed by atoms with E-state index < -0.39 is 0 Å². The summed E-state index contributed by atoms with van der Waals surface area (Å²) in [5.74, 6) is 0. The van der Waals surface area contributed by atoms with Crippen LogP contribution in [0.4, 0.5) is 0 Å². The molecule has 3 nitrogen and oxygen atoms in total. The normalized spacial score (nSPS) is 10.9. The molecule has 0 saturated heterocycles. The number of nitrogens with one attached hydrogen (secondary N) is 1. The summed E-state index contributed by atoms with van der Waals surface area (Å²) in [4.78, 5) is 1.21. The van der Waals surface area contributed by atoms with E-state index in [9.17, 15) is 0 Å². The van der Waals surface area contributed by atoms with Gasteiger partial charge in [0.1, 0.15) is 5.03 Å². The molecule has 0 amide bonds. The van der Waals surface area contributed by atoms with Gasteiger partial charge < -0.3 is 5.32 Å². The summed E-state index contributed by atoms with van der Waals surface area (Å²) in [5.41, 5.74) is 2.38. The summed E-state index contributed by atoms with van der Waals surface area (Å²) in [6, 6.07) is 8.27. The maximum Gasteiger partial charge on any atom is 0.103 e. The van der Waals surface area contributed by atoms with Crippen LogP contribution in [-0.2, 0) is 13.6 Å². The third-order valence-electron chi connectivity index (χ3n) is 2.88. The van der Waals surface area contributed by atoms with Crippen LogP contribution in [0.3, 0.4) is 0 Å². The summed E-state index contributed by atoms with van der Waals surface area (Å²) in [6.45, 7) is 6.01. The van der Waals surface area contributed by atoms with E-state index in [0.717, 1.165) is 23.3 Å². The molecule has 2 rings (SSSR count). The van der Waals surface area contributed by atoms with Crippen molar-refractivity contribution in [3.05, 3.63) is 40.0 Å². The molecule has 0 saturated carbocycles. The average Bonchev–Trinajstić information content (AvgIpc) is 2.65. The zero-order valence-corrected chi connectivity index (χ0v) is 13.8. The van der Waals surface area contributed by atoms with E-state index >= 15 is 0 Å². The quantitative estimate of drug-likeness (QED) is 0.899. The molecule has 0 aliphatic heterocycles. The van der Waals surface area contributed by atoms with Crippen molar-refractivity contribution in [3.8, 4) is 0 Å². The van der Waals surface area contributed by atoms with Crippen LogP contribution in [0, 0.1) is 6.92 Å². The van der Waals surface area contributed by atoms with E-state index in [0.29, 0.717) is 0 Å². The fraction of sp³-hybridized carbons (Fsp3) is 0.357. The van der Waals surface area contributed by atoms with Gasteiger partial charge in [0.05, 0.1) is 5.69 Å². The molecular weight excluding hydrogens is 322 g/mol. The Morgan fingerprint density at radius 1 is 1.37 bits per heavy atom. The summed E-state index contributed by atoms with van der Waals surface area (Å²) in [5, 5.41) is 9.11. The summed E-state index contributed by atoms with van der Waals surface area (Å²) >= 11 is 5.35. The molecule has 0 radical (unpaired) electrons. The maximum atomic E-state index is 4.53. The van der Waals surface area contributed by atoms with Crippen LogP contribution < -0.4 is 5.32 Å². The molecule has 2 aromatic rings. The first kappa shape index (κ1) is 14.6. The monoisotopic (exact) mass is 339 g/mol. The lowest BCUT2D eigenvalue weighted by molar-refractivity contribution is 0.674. The van der Waals surface area contributed by atoms with Gasteiger partial charge in [-0.2, -0.15) is 5.10 Å². The van der Waals surface area contributed by atoms with E-state index in [2.05, 4.69) is 58.4 Å². The molecule has 1 N–H and O–H groups in total. The van der Waals surface area contributed by atoms with Crippen molar-refractivity contribution in [3.63, 3.8) is 0 Å². The molecule has 0 atom stereocenters. The fourth-order valence-electron chi connectivity index (χ4n) is 1.89. The lowest BCUT2D eigenvalue weighted by Gasteiger charge is -2.08. The summed E-state index contributed by atoms with van der Waals surface area (Å²) in [7, 11) is 2.00. The minimum atomic E-state index is 0.864. The number of hydrogen-bond acceptors (Lipinski definition) is 3. The molecule has 0 aliphatic carbocycles. The molecular formula is C14H18BrN3S. The van der Waals surface area contributed by atoms with E-state index in [-0.39, 0.29) is 0 Å². The fourth-order valence-corrected chi connectivity index (χ4v) is 3.46. The van der Waals surface area contributed by atoms with Crippen molar-refractivity contribution >= 4 is 27.7 Å². The standard InChI is InChI=1S/C14H18BrN3S/c1-4-16-9-11-10(2)17-18(3)14(11)19-13-8-6-5-7-12(13)15/h5-8,16H,4,9H2,1-3H3. The molecule has 1 aromatic heterocycles. The Kier molecular flexibility index (Phi) is 5.07. The third-order valence-corrected chi connectivity index (χ3v) is 5.12. The highest BCUT2D eigenvalue weighted by molar-refractivity contribution is 9.10. The molecule has 0 bridgehead atoms. The number of hydrogen-bond donors (Lipinski definition) is 1. The van der Waals surface area contributed by atoms with Gasteiger partial charge in [0, 0.05) is 28.5 Å². The minimum absolute atomic E-state index is 0.864. The second-order valence-corrected chi connectivity index (χ2v) is 6.19. The topological polar surface area (TPSA) is 29.9 Å². The summed E-state index contributed by atoms with van der Waals surface area (Å²) < 4.78 is 3.08. The smallest absolute Gasteiger partial charge is 0.103 e. The van der Waals surface area contributed by atoms with Gasteiger partial charge >= 0.3 is 0 Å². The molecule has 0 aliphatic rings. The first-order chi connectivity index (χ1) is 9.13. The second kappa shape index (κ2) is 6.59. The molecule has 1 aromatic carbocycles. The van der Waals surface area contributed by atoms with E-state index in [1.54, 1.807) is 11.8 Å². The Labute approximate surface area is 126 Å². The molecule has 5 heteroatoms. The number of aromatic nitrogens is 2. The van der Waals surface area contributed by atoms with E-state index in [1.165, 1.54) is 15.5 Å². The average molecular weight is 340 g/mol. The number of rotatable bonds is 5. The maximum absolute atomic E-state index is 4.53. The van der Waals surface area contributed by atoms with E-state index in [4.69, 9.17) is 0 Å². The first-order valence-corrected chi connectivity index (χ1v) is 7.90. The molecule has 0 spiro atoms. The molecule has 0 fully saturated rings. The molecule has 102 valence electrons. The Bertz CT molecular complexity index is 566. The van der Waals surface area contributed by atoms with E-state index in [1.807, 2.05) is 17.8 Å². The van der Waals surface area contributed by atoms with Gasteiger partial charge in [0.2, 0.25) is 0 Å². The summed E-state index contributed by atoms with van der Waals surface area (Å²) in [6.07, 6.45) is 0. The number of halogens is 1. The zero-order valence-electron chi connectivity index (χ0n) is 11.4. The predicted octanol–water partition coefficient (Wildman–Crippen LogP) is 3.75. The van der Waals surface area contributed by atoms with Crippen LogP contribution in [0.5, 0.6) is 0 Å². The van der Waals surface area contributed by atoms with Crippen molar-refractivity contribution in [1.29, 1.82) is 0 Å². The molecule has 0 unspecified atom stereocenters. The SMILES string of the molecule is CCNCc1c(C)nn(C)c1Sc1ccccc1Br. The van der Waals surface area contributed by atoms with Gasteiger partial charge in [-0.1, -0.05) is 30.8 Å². The van der Waals surface area contributed by atoms with Crippen LogP contribution in [-0.4, -0.2) is 16.3 Å².